The first-order chi connectivity index (χ1) is 9.72. The van der Waals surface area contributed by atoms with Crippen LogP contribution in [0.3, 0.4) is 0 Å². The lowest BCUT2D eigenvalue weighted by Crippen LogP contribution is -2.21. The van der Waals surface area contributed by atoms with Crippen molar-refractivity contribution in [1.29, 1.82) is 0 Å². The summed E-state index contributed by atoms with van der Waals surface area (Å²) in [6, 6.07) is 10.6. The van der Waals surface area contributed by atoms with Gasteiger partial charge in [-0.2, -0.15) is 0 Å². The van der Waals surface area contributed by atoms with E-state index < -0.39 is 0 Å². The SMILES string of the molecule is Cc1cc(CNCC2CCC(Cl)C2)c2ccccc2n1. The third-order valence-electron chi connectivity index (χ3n) is 4.16. The molecular weight excluding hydrogens is 268 g/mol. The second-order valence-corrected chi connectivity index (χ2v) is 6.46. The topological polar surface area (TPSA) is 24.9 Å². The summed E-state index contributed by atoms with van der Waals surface area (Å²) in [5.74, 6) is 0.742. The van der Waals surface area contributed by atoms with Crippen LogP contribution in [0.1, 0.15) is 30.5 Å². The van der Waals surface area contributed by atoms with Crippen LogP contribution in [0.15, 0.2) is 30.3 Å². The maximum atomic E-state index is 6.17. The third-order valence-corrected chi connectivity index (χ3v) is 4.55. The number of fused-ring (bicyclic) bond motifs is 1. The summed E-state index contributed by atoms with van der Waals surface area (Å²) in [6.07, 6.45) is 3.59. The summed E-state index contributed by atoms with van der Waals surface area (Å²) in [5.41, 5.74) is 3.52. The Bertz CT molecular complexity index is 597. The lowest BCUT2D eigenvalue weighted by molar-refractivity contribution is 0.490. The van der Waals surface area contributed by atoms with Crippen molar-refractivity contribution in [1.82, 2.24) is 10.3 Å². The Morgan fingerprint density at radius 1 is 1.30 bits per heavy atom. The highest BCUT2D eigenvalue weighted by molar-refractivity contribution is 6.20. The van der Waals surface area contributed by atoms with Crippen molar-refractivity contribution in [2.45, 2.75) is 38.1 Å². The zero-order valence-electron chi connectivity index (χ0n) is 11.9. The minimum atomic E-state index is 0.394. The van der Waals surface area contributed by atoms with Crippen LogP contribution < -0.4 is 5.32 Å². The Kier molecular flexibility index (Phi) is 4.23. The first kappa shape index (κ1) is 13.8. The molecule has 0 aliphatic heterocycles. The van der Waals surface area contributed by atoms with E-state index in [0.717, 1.165) is 36.6 Å². The molecule has 1 aliphatic rings. The Morgan fingerprint density at radius 2 is 2.15 bits per heavy atom. The number of alkyl halides is 1. The van der Waals surface area contributed by atoms with Gasteiger partial charge in [0.05, 0.1) is 5.52 Å². The van der Waals surface area contributed by atoms with E-state index in [0.29, 0.717) is 5.38 Å². The number of aryl methyl sites for hydroxylation is 1. The van der Waals surface area contributed by atoms with Crippen molar-refractivity contribution < 1.29 is 0 Å². The van der Waals surface area contributed by atoms with Gasteiger partial charge in [-0.1, -0.05) is 18.2 Å². The Hall–Kier alpha value is -1.12. The molecule has 1 heterocycles. The van der Waals surface area contributed by atoms with Crippen LogP contribution in [-0.2, 0) is 6.54 Å². The fourth-order valence-corrected chi connectivity index (χ4v) is 3.53. The van der Waals surface area contributed by atoms with Gasteiger partial charge in [-0.05, 0) is 56.3 Å². The van der Waals surface area contributed by atoms with Crippen molar-refractivity contribution in [2.24, 2.45) is 5.92 Å². The number of aromatic nitrogens is 1. The highest BCUT2D eigenvalue weighted by atomic mass is 35.5. The van der Waals surface area contributed by atoms with Gasteiger partial charge in [0.25, 0.3) is 0 Å². The standard InChI is InChI=1S/C17H21ClN2/c1-12-8-14(16-4-2-3-5-17(16)20-12)11-19-10-13-6-7-15(18)9-13/h2-5,8,13,15,19H,6-7,9-11H2,1H3. The molecule has 0 bridgehead atoms. The van der Waals surface area contributed by atoms with Gasteiger partial charge in [-0.3, -0.25) is 4.98 Å². The smallest absolute Gasteiger partial charge is 0.0708 e. The van der Waals surface area contributed by atoms with Crippen molar-refractivity contribution in [3.63, 3.8) is 0 Å². The van der Waals surface area contributed by atoms with Gasteiger partial charge in [0.2, 0.25) is 0 Å². The number of pyridine rings is 1. The maximum absolute atomic E-state index is 6.17. The predicted octanol–water partition coefficient (Wildman–Crippen LogP) is 4.04. The molecule has 0 radical (unpaired) electrons. The average Bonchev–Trinajstić information content (AvgIpc) is 2.84. The van der Waals surface area contributed by atoms with Gasteiger partial charge < -0.3 is 5.32 Å². The summed E-state index contributed by atoms with van der Waals surface area (Å²) in [4.78, 5) is 4.59. The largest absolute Gasteiger partial charge is 0.312 e. The fourth-order valence-electron chi connectivity index (χ4n) is 3.15. The third kappa shape index (κ3) is 3.13. The van der Waals surface area contributed by atoms with Crippen LogP contribution in [0.25, 0.3) is 10.9 Å². The molecule has 20 heavy (non-hydrogen) atoms. The van der Waals surface area contributed by atoms with Gasteiger partial charge in [0.1, 0.15) is 0 Å². The summed E-state index contributed by atoms with van der Waals surface area (Å²) in [5, 5.41) is 5.25. The van der Waals surface area contributed by atoms with Crippen molar-refractivity contribution in [3.8, 4) is 0 Å². The van der Waals surface area contributed by atoms with E-state index in [4.69, 9.17) is 11.6 Å². The van der Waals surface area contributed by atoms with Crippen molar-refractivity contribution >= 4 is 22.5 Å². The summed E-state index contributed by atoms with van der Waals surface area (Å²) in [6.45, 7) is 4.04. The Morgan fingerprint density at radius 3 is 2.95 bits per heavy atom. The van der Waals surface area contributed by atoms with Crippen LogP contribution in [0.4, 0.5) is 0 Å². The zero-order valence-corrected chi connectivity index (χ0v) is 12.7. The van der Waals surface area contributed by atoms with Crippen molar-refractivity contribution in [2.75, 3.05) is 6.54 Å². The van der Waals surface area contributed by atoms with Crippen LogP contribution in [0.5, 0.6) is 0 Å². The van der Waals surface area contributed by atoms with E-state index in [2.05, 4.69) is 41.5 Å². The number of hydrogen-bond acceptors (Lipinski definition) is 2. The van der Waals surface area contributed by atoms with E-state index in [1.807, 2.05) is 6.07 Å². The van der Waals surface area contributed by atoms with Crippen LogP contribution >= 0.6 is 11.6 Å². The van der Waals surface area contributed by atoms with E-state index in [1.165, 1.54) is 23.8 Å². The molecule has 0 saturated heterocycles. The van der Waals surface area contributed by atoms with Gasteiger partial charge >= 0.3 is 0 Å². The summed E-state index contributed by atoms with van der Waals surface area (Å²) < 4.78 is 0. The molecule has 0 amide bonds. The highest BCUT2D eigenvalue weighted by Crippen LogP contribution is 2.28. The highest BCUT2D eigenvalue weighted by Gasteiger charge is 2.22. The monoisotopic (exact) mass is 288 g/mol. The lowest BCUT2D eigenvalue weighted by atomic mass is 10.1. The number of halogens is 1. The number of nitrogens with zero attached hydrogens (tertiary/aromatic N) is 1. The molecule has 1 fully saturated rings. The molecule has 3 rings (SSSR count). The van der Waals surface area contributed by atoms with Gasteiger partial charge in [-0.15, -0.1) is 11.6 Å². The average molecular weight is 289 g/mol. The van der Waals surface area contributed by atoms with Crippen LogP contribution in [0, 0.1) is 12.8 Å². The minimum Gasteiger partial charge on any atom is -0.312 e. The van der Waals surface area contributed by atoms with Crippen LogP contribution in [0.2, 0.25) is 0 Å². The quantitative estimate of drug-likeness (QED) is 0.859. The summed E-state index contributed by atoms with van der Waals surface area (Å²) in [7, 11) is 0. The van der Waals surface area contributed by atoms with Crippen LogP contribution in [-0.4, -0.2) is 16.9 Å². The first-order valence-electron chi connectivity index (χ1n) is 7.42. The van der Waals surface area contributed by atoms with Gasteiger partial charge in [-0.25, -0.2) is 0 Å². The molecule has 2 unspecified atom stereocenters. The molecule has 106 valence electrons. The molecule has 1 N–H and O–H groups in total. The predicted molar refractivity (Wildman–Crippen MR) is 85.2 cm³/mol. The number of rotatable bonds is 4. The van der Waals surface area contributed by atoms with Gasteiger partial charge in [0, 0.05) is 23.0 Å². The minimum absolute atomic E-state index is 0.394. The van der Waals surface area contributed by atoms with E-state index in [9.17, 15) is 0 Å². The normalized spacial score (nSPS) is 22.5. The molecule has 3 heteroatoms. The molecule has 1 aromatic carbocycles. The summed E-state index contributed by atoms with van der Waals surface area (Å²) >= 11 is 6.17. The van der Waals surface area contributed by atoms with Gasteiger partial charge in [0.15, 0.2) is 0 Å². The number of nitrogens with one attached hydrogen (secondary N) is 1. The zero-order chi connectivity index (χ0) is 13.9. The molecule has 1 aromatic heterocycles. The molecular formula is C17H21ClN2. The molecule has 2 atom stereocenters. The molecule has 2 aromatic rings. The Balaban J connectivity index is 1.68. The lowest BCUT2D eigenvalue weighted by Gasteiger charge is -2.12. The second kappa shape index (κ2) is 6.11. The molecule has 1 aliphatic carbocycles. The number of para-hydroxylation sites is 1. The molecule has 0 spiro atoms. The fraction of sp³-hybridized carbons (Fsp3) is 0.471. The molecule has 2 nitrogen and oxygen atoms in total. The maximum Gasteiger partial charge on any atom is 0.0708 e. The van der Waals surface area contributed by atoms with E-state index >= 15 is 0 Å². The number of hydrogen-bond donors (Lipinski definition) is 1. The van der Waals surface area contributed by atoms with Crippen molar-refractivity contribution in [3.05, 3.63) is 41.6 Å². The van der Waals surface area contributed by atoms with E-state index in [-0.39, 0.29) is 0 Å². The van der Waals surface area contributed by atoms with E-state index in [1.54, 1.807) is 0 Å². The second-order valence-electron chi connectivity index (χ2n) is 5.85. The number of benzene rings is 1. The Labute approximate surface area is 125 Å². The first-order valence-corrected chi connectivity index (χ1v) is 7.86. The molecule has 1 saturated carbocycles.